The van der Waals surface area contributed by atoms with Crippen LogP contribution in [0, 0.1) is 0 Å². The van der Waals surface area contributed by atoms with E-state index in [1.165, 1.54) is 6.20 Å². The molecule has 1 aliphatic heterocycles. The number of ether oxygens (including phenoxy) is 1. The van der Waals surface area contributed by atoms with Gasteiger partial charge in [0.25, 0.3) is 0 Å². The van der Waals surface area contributed by atoms with E-state index in [-0.39, 0.29) is 5.88 Å². The van der Waals surface area contributed by atoms with Crippen molar-refractivity contribution in [3.8, 4) is 17.0 Å². The highest BCUT2D eigenvalue weighted by atomic mass is 35.5. The van der Waals surface area contributed by atoms with Crippen LogP contribution in [0.3, 0.4) is 0 Å². The maximum Gasteiger partial charge on any atom is 0.388 e. The molecule has 0 unspecified atom stereocenters. The molecule has 0 bridgehead atoms. The van der Waals surface area contributed by atoms with Crippen LogP contribution in [0.25, 0.3) is 11.1 Å². The van der Waals surface area contributed by atoms with Crippen LogP contribution in [0.2, 0.25) is 5.02 Å². The van der Waals surface area contributed by atoms with Crippen LogP contribution in [0.15, 0.2) is 48.9 Å². The Morgan fingerprint density at radius 2 is 2.16 bits per heavy atom. The molecule has 2 heterocycles. The number of aromatic nitrogens is 1. The first-order valence-electron chi connectivity index (χ1n) is 7.42. The highest BCUT2D eigenvalue weighted by Crippen LogP contribution is 2.32. The van der Waals surface area contributed by atoms with Crippen molar-refractivity contribution in [2.45, 2.75) is 13.2 Å². The maximum atomic E-state index is 12.7. The van der Waals surface area contributed by atoms with Gasteiger partial charge in [0.15, 0.2) is 0 Å². The quantitative estimate of drug-likeness (QED) is 0.818. The SMILES string of the molecule is CNN1C=CN(Cc2cnc(OC(F)F)c(-c3cccc(Cl)c3)c2)N1. The lowest BCUT2D eigenvalue weighted by Crippen LogP contribution is -2.44. The first-order chi connectivity index (χ1) is 12.0. The van der Waals surface area contributed by atoms with Gasteiger partial charge in [-0.25, -0.2) is 15.5 Å². The molecule has 0 fully saturated rings. The number of hydrogen-bond donors (Lipinski definition) is 2. The second-order valence-electron chi connectivity index (χ2n) is 5.20. The Bertz CT molecular complexity index is 774. The molecule has 0 amide bonds. The first kappa shape index (κ1) is 17.4. The molecule has 1 aliphatic rings. The van der Waals surface area contributed by atoms with Gasteiger partial charge in [-0.1, -0.05) is 23.7 Å². The molecule has 25 heavy (non-hydrogen) atoms. The van der Waals surface area contributed by atoms with Gasteiger partial charge in [-0.2, -0.15) is 8.78 Å². The van der Waals surface area contributed by atoms with Gasteiger partial charge in [0.2, 0.25) is 5.88 Å². The van der Waals surface area contributed by atoms with Crippen molar-refractivity contribution < 1.29 is 13.5 Å². The van der Waals surface area contributed by atoms with Crippen LogP contribution >= 0.6 is 11.6 Å². The van der Waals surface area contributed by atoms with Crippen LogP contribution < -0.4 is 15.7 Å². The summed E-state index contributed by atoms with van der Waals surface area (Å²) in [6, 6.07) is 8.65. The smallest absolute Gasteiger partial charge is 0.388 e. The molecule has 3 rings (SSSR count). The fourth-order valence-corrected chi connectivity index (χ4v) is 2.57. The molecule has 0 aliphatic carbocycles. The predicted molar refractivity (Wildman–Crippen MR) is 90.0 cm³/mol. The molecule has 0 saturated heterocycles. The molecule has 6 nitrogen and oxygen atoms in total. The molecule has 9 heteroatoms. The lowest BCUT2D eigenvalue weighted by molar-refractivity contribution is -0.0524. The van der Waals surface area contributed by atoms with Crippen molar-refractivity contribution in [2.75, 3.05) is 7.05 Å². The maximum absolute atomic E-state index is 12.7. The van der Waals surface area contributed by atoms with Crippen LogP contribution in [0.1, 0.15) is 5.56 Å². The lowest BCUT2D eigenvalue weighted by atomic mass is 10.1. The van der Waals surface area contributed by atoms with E-state index < -0.39 is 6.61 Å². The Balaban J connectivity index is 1.89. The third-order valence-corrected chi connectivity index (χ3v) is 3.70. The number of nitrogens with zero attached hydrogens (tertiary/aromatic N) is 3. The number of rotatable bonds is 6. The monoisotopic (exact) mass is 367 g/mol. The van der Waals surface area contributed by atoms with Gasteiger partial charge in [0.1, 0.15) is 0 Å². The predicted octanol–water partition coefficient (Wildman–Crippen LogP) is 3.15. The minimum atomic E-state index is -2.95. The van der Waals surface area contributed by atoms with Crippen LogP contribution in [0.4, 0.5) is 8.78 Å². The number of hydrazine groups is 3. The molecule has 1 aromatic carbocycles. The van der Waals surface area contributed by atoms with Gasteiger partial charge in [-0.15, -0.1) is 5.53 Å². The number of hydrogen-bond acceptors (Lipinski definition) is 6. The first-order valence-corrected chi connectivity index (χ1v) is 7.80. The molecule has 2 N–H and O–H groups in total. The van der Waals surface area contributed by atoms with Gasteiger partial charge in [-0.05, 0) is 29.3 Å². The molecule has 0 saturated carbocycles. The summed E-state index contributed by atoms with van der Waals surface area (Å²) in [5.74, 6) is -0.136. The summed E-state index contributed by atoms with van der Waals surface area (Å²) in [7, 11) is 1.77. The van der Waals surface area contributed by atoms with Gasteiger partial charge >= 0.3 is 6.61 Å². The highest BCUT2D eigenvalue weighted by molar-refractivity contribution is 6.30. The van der Waals surface area contributed by atoms with Crippen molar-refractivity contribution in [3.63, 3.8) is 0 Å². The van der Waals surface area contributed by atoms with Crippen molar-refractivity contribution >= 4 is 11.6 Å². The van der Waals surface area contributed by atoms with Crippen molar-refractivity contribution in [2.24, 2.45) is 0 Å². The molecular weight excluding hydrogens is 352 g/mol. The molecule has 0 atom stereocenters. The van der Waals surface area contributed by atoms with E-state index in [9.17, 15) is 8.78 Å². The molecular formula is C16H16ClF2N5O. The topological polar surface area (TPSA) is 52.7 Å². The molecule has 1 aromatic heterocycles. The van der Waals surface area contributed by atoms with Gasteiger partial charge < -0.3 is 4.74 Å². The van der Waals surface area contributed by atoms with E-state index in [0.29, 0.717) is 22.7 Å². The average molecular weight is 368 g/mol. The Morgan fingerprint density at radius 3 is 2.84 bits per heavy atom. The standard InChI is InChI=1S/C16H16ClF2N5O/c1-20-24-6-5-23(22-24)10-11-7-14(12-3-2-4-13(17)8-12)15(21-9-11)25-16(18)19/h2-9,16,20,22H,10H2,1H3. The lowest BCUT2D eigenvalue weighted by Gasteiger charge is -2.21. The van der Waals surface area contributed by atoms with E-state index >= 15 is 0 Å². The number of benzene rings is 1. The van der Waals surface area contributed by atoms with Gasteiger partial charge in [-0.3, -0.25) is 5.01 Å². The zero-order chi connectivity index (χ0) is 17.8. The fourth-order valence-electron chi connectivity index (χ4n) is 2.38. The molecule has 0 spiro atoms. The Kier molecular flexibility index (Phi) is 5.32. The Morgan fingerprint density at radius 1 is 1.32 bits per heavy atom. The summed E-state index contributed by atoms with van der Waals surface area (Å²) >= 11 is 6.01. The molecule has 2 aromatic rings. The largest absolute Gasteiger partial charge is 0.416 e. The number of alkyl halides is 2. The van der Waals surface area contributed by atoms with Crippen molar-refractivity contribution in [3.05, 3.63) is 59.5 Å². The van der Waals surface area contributed by atoms with Gasteiger partial charge in [0, 0.05) is 30.0 Å². The van der Waals surface area contributed by atoms with E-state index in [1.54, 1.807) is 48.7 Å². The fraction of sp³-hybridized carbons (Fsp3) is 0.188. The normalized spacial score (nSPS) is 13.8. The van der Waals surface area contributed by atoms with Crippen molar-refractivity contribution in [1.29, 1.82) is 0 Å². The summed E-state index contributed by atoms with van der Waals surface area (Å²) in [6.07, 6.45) is 5.14. The summed E-state index contributed by atoms with van der Waals surface area (Å²) in [5.41, 5.74) is 7.88. The molecule has 132 valence electrons. The van der Waals surface area contributed by atoms with Gasteiger partial charge in [0.05, 0.1) is 12.7 Å². The van der Waals surface area contributed by atoms with E-state index in [1.807, 2.05) is 11.2 Å². The van der Waals surface area contributed by atoms with Crippen LogP contribution in [0.5, 0.6) is 5.88 Å². The zero-order valence-corrected chi connectivity index (χ0v) is 14.0. The third kappa shape index (κ3) is 4.36. The van der Waals surface area contributed by atoms with Crippen LogP contribution in [-0.4, -0.2) is 28.8 Å². The minimum absolute atomic E-state index is 0.136. The minimum Gasteiger partial charge on any atom is -0.416 e. The zero-order valence-electron chi connectivity index (χ0n) is 13.3. The summed E-state index contributed by atoms with van der Waals surface area (Å²) in [5, 5.41) is 3.97. The Labute approximate surface area is 148 Å². The second-order valence-corrected chi connectivity index (χ2v) is 5.64. The summed E-state index contributed by atoms with van der Waals surface area (Å²) in [4.78, 5) is 4.05. The van der Waals surface area contributed by atoms with E-state index in [4.69, 9.17) is 11.6 Å². The average Bonchev–Trinajstić information content (AvgIpc) is 3.03. The number of pyridine rings is 1. The summed E-state index contributed by atoms with van der Waals surface area (Å²) < 4.78 is 29.9. The third-order valence-electron chi connectivity index (χ3n) is 3.47. The summed E-state index contributed by atoms with van der Waals surface area (Å²) in [6.45, 7) is -2.48. The second kappa shape index (κ2) is 7.64. The number of halogens is 3. The number of nitrogens with one attached hydrogen (secondary N) is 2. The highest BCUT2D eigenvalue weighted by Gasteiger charge is 2.16. The Hall–Kier alpha value is -2.42. The van der Waals surface area contributed by atoms with Crippen LogP contribution in [-0.2, 0) is 6.54 Å². The van der Waals surface area contributed by atoms with Crippen molar-refractivity contribution in [1.82, 2.24) is 26.1 Å². The van der Waals surface area contributed by atoms with E-state index in [0.717, 1.165) is 5.56 Å². The molecule has 0 radical (unpaired) electrons. The van der Waals surface area contributed by atoms with E-state index in [2.05, 4.69) is 20.7 Å².